The van der Waals surface area contributed by atoms with Gasteiger partial charge in [0.25, 0.3) is 5.91 Å². The largest absolute Gasteiger partial charge is 0.398 e. The number of amidine groups is 1. The minimum absolute atomic E-state index is 0.250. The van der Waals surface area contributed by atoms with E-state index >= 15 is 0 Å². The molecule has 0 spiro atoms. The summed E-state index contributed by atoms with van der Waals surface area (Å²) in [6, 6.07) is 1.60. The van der Waals surface area contributed by atoms with Gasteiger partial charge in [-0.3, -0.25) is 4.79 Å². The first kappa shape index (κ1) is 11.7. The van der Waals surface area contributed by atoms with Gasteiger partial charge in [0, 0.05) is 0 Å². The highest BCUT2D eigenvalue weighted by Gasteiger charge is 2.21. The van der Waals surface area contributed by atoms with Crippen molar-refractivity contribution < 1.29 is 14.5 Å². The molecule has 1 aliphatic rings. The lowest BCUT2D eigenvalue weighted by molar-refractivity contribution is -0.113. The molecule has 1 heterocycles. The van der Waals surface area contributed by atoms with Gasteiger partial charge in [0.1, 0.15) is 13.2 Å². The molecule has 7 nitrogen and oxygen atoms in total. The smallest absolute Gasteiger partial charge is 0.289 e. The molecule has 0 aliphatic carbocycles. The van der Waals surface area contributed by atoms with E-state index in [-0.39, 0.29) is 11.8 Å². The molecule has 0 saturated heterocycles. The standard InChI is InChI=1S/C9H10N4O3/c1-3-6-4-8(13-16-6)11-9(14)7(5-10)12-15-2/h3,6H,1,4H2,2H3,(H,11,13,14)/b12-7+. The SMILES string of the molecule is C=CC1CC(NC(=O)/C(C#N)=N/OC)=NO1. The molecule has 1 unspecified atom stereocenters. The van der Waals surface area contributed by atoms with Crippen molar-refractivity contribution in [1.82, 2.24) is 5.32 Å². The monoisotopic (exact) mass is 222 g/mol. The van der Waals surface area contributed by atoms with E-state index in [0.29, 0.717) is 12.3 Å². The normalized spacial score (nSPS) is 19.1. The fraction of sp³-hybridized carbons (Fsp3) is 0.333. The molecule has 0 aromatic rings. The zero-order chi connectivity index (χ0) is 12.0. The first-order valence-corrected chi connectivity index (χ1v) is 4.39. The zero-order valence-corrected chi connectivity index (χ0v) is 8.64. The number of nitrogens with one attached hydrogen (secondary N) is 1. The van der Waals surface area contributed by atoms with E-state index < -0.39 is 5.91 Å². The van der Waals surface area contributed by atoms with Crippen molar-refractivity contribution in [1.29, 1.82) is 5.26 Å². The Hall–Kier alpha value is -2.36. The second-order valence-corrected chi connectivity index (χ2v) is 2.81. The van der Waals surface area contributed by atoms with Crippen LogP contribution in [-0.2, 0) is 14.5 Å². The summed E-state index contributed by atoms with van der Waals surface area (Å²) in [6.07, 6.45) is 1.72. The Morgan fingerprint density at radius 1 is 1.94 bits per heavy atom. The van der Waals surface area contributed by atoms with Crippen molar-refractivity contribution in [3.8, 4) is 6.07 Å². The van der Waals surface area contributed by atoms with E-state index in [0.717, 1.165) is 0 Å². The molecule has 1 aliphatic heterocycles. The first-order chi connectivity index (χ1) is 7.71. The van der Waals surface area contributed by atoms with Crippen molar-refractivity contribution >= 4 is 17.5 Å². The van der Waals surface area contributed by atoms with Crippen LogP contribution in [0.25, 0.3) is 0 Å². The van der Waals surface area contributed by atoms with Crippen LogP contribution in [0.4, 0.5) is 0 Å². The topological polar surface area (TPSA) is 96.1 Å². The van der Waals surface area contributed by atoms with Crippen molar-refractivity contribution in [2.45, 2.75) is 12.5 Å². The summed E-state index contributed by atoms with van der Waals surface area (Å²) in [5.41, 5.74) is -0.382. The Bertz CT molecular complexity index is 394. The second-order valence-electron chi connectivity index (χ2n) is 2.81. The van der Waals surface area contributed by atoms with Crippen LogP contribution >= 0.6 is 0 Å². The number of carbonyl (C=O) groups excluding carboxylic acids is 1. The molecular weight excluding hydrogens is 212 g/mol. The highest BCUT2D eigenvalue weighted by molar-refractivity contribution is 6.47. The van der Waals surface area contributed by atoms with Crippen LogP contribution in [0, 0.1) is 11.3 Å². The van der Waals surface area contributed by atoms with Gasteiger partial charge in [0.05, 0.1) is 6.42 Å². The van der Waals surface area contributed by atoms with E-state index in [1.165, 1.54) is 7.11 Å². The molecule has 84 valence electrons. The number of oxime groups is 2. The fourth-order valence-electron chi connectivity index (χ4n) is 0.991. The van der Waals surface area contributed by atoms with E-state index in [4.69, 9.17) is 10.1 Å². The number of hydrogen-bond donors (Lipinski definition) is 1. The van der Waals surface area contributed by atoms with Crippen LogP contribution in [0.15, 0.2) is 23.0 Å². The predicted octanol–water partition coefficient (Wildman–Crippen LogP) is -0.0830. The van der Waals surface area contributed by atoms with Crippen molar-refractivity contribution in [2.24, 2.45) is 10.3 Å². The first-order valence-electron chi connectivity index (χ1n) is 4.39. The summed E-state index contributed by atoms with van der Waals surface area (Å²) >= 11 is 0. The summed E-state index contributed by atoms with van der Waals surface area (Å²) in [4.78, 5) is 20.6. The molecule has 0 aromatic heterocycles. The average Bonchev–Trinajstić information content (AvgIpc) is 2.73. The van der Waals surface area contributed by atoms with Gasteiger partial charge in [-0.05, 0) is 6.08 Å². The number of amides is 1. The number of nitriles is 1. The Labute approximate surface area is 92.0 Å². The molecule has 1 amide bonds. The maximum Gasteiger partial charge on any atom is 0.289 e. The fourth-order valence-corrected chi connectivity index (χ4v) is 0.991. The number of rotatable bonds is 3. The van der Waals surface area contributed by atoms with E-state index in [1.54, 1.807) is 12.1 Å². The van der Waals surface area contributed by atoms with Gasteiger partial charge in [0.2, 0.25) is 5.71 Å². The van der Waals surface area contributed by atoms with Crippen LogP contribution < -0.4 is 5.32 Å². The third-order valence-electron chi connectivity index (χ3n) is 1.72. The molecule has 1 N–H and O–H groups in total. The molecule has 16 heavy (non-hydrogen) atoms. The summed E-state index contributed by atoms with van der Waals surface area (Å²) < 4.78 is 0. The molecule has 0 radical (unpaired) electrons. The van der Waals surface area contributed by atoms with Crippen LogP contribution in [0.2, 0.25) is 0 Å². The highest BCUT2D eigenvalue weighted by Crippen LogP contribution is 2.09. The lowest BCUT2D eigenvalue weighted by atomic mass is 10.2. The summed E-state index contributed by atoms with van der Waals surface area (Å²) in [6.45, 7) is 3.53. The molecule has 1 atom stereocenters. The van der Waals surface area contributed by atoms with Crippen LogP contribution in [0.1, 0.15) is 6.42 Å². The average molecular weight is 222 g/mol. The quantitative estimate of drug-likeness (QED) is 0.410. The number of carbonyl (C=O) groups is 1. The number of nitrogens with zero attached hydrogens (tertiary/aromatic N) is 3. The van der Waals surface area contributed by atoms with Gasteiger partial charge < -0.3 is 15.0 Å². The molecule has 7 heteroatoms. The Balaban J connectivity index is 2.56. The van der Waals surface area contributed by atoms with Gasteiger partial charge in [-0.15, -0.1) is 0 Å². The van der Waals surface area contributed by atoms with Crippen LogP contribution in [0.5, 0.6) is 0 Å². The van der Waals surface area contributed by atoms with Crippen molar-refractivity contribution in [3.05, 3.63) is 12.7 Å². The maximum atomic E-state index is 11.4. The van der Waals surface area contributed by atoms with Crippen molar-refractivity contribution in [3.63, 3.8) is 0 Å². The predicted molar refractivity (Wildman–Crippen MR) is 55.3 cm³/mol. The lowest BCUT2D eigenvalue weighted by Gasteiger charge is -2.00. The maximum absolute atomic E-state index is 11.4. The zero-order valence-electron chi connectivity index (χ0n) is 8.64. The van der Waals surface area contributed by atoms with Gasteiger partial charge in [-0.1, -0.05) is 16.9 Å². The summed E-state index contributed by atoms with van der Waals surface area (Å²) in [5.74, 6) is -0.356. The molecule has 0 saturated carbocycles. The lowest BCUT2D eigenvalue weighted by Crippen LogP contribution is -2.35. The second kappa shape index (κ2) is 5.50. The molecule has 1 rings (SSSR count). The van der Waals surface area contributed by atoms with Gasteiger partial charge >= 0.3 is 0 Å². The third-order valence-corrected chi connectivity index (χ3v) is 1.72. The van der Waals surface area contributed by atoms with Gasteiger partial charge in [0.15, 0.2) is 11.9 Å². The molecule has 0 bridgehead atoms. The Kier molecular flexibility index (Phi) is 4.03. The summed E-state index contributed by atoms with van der Waals surface area (Å²) in [5, 5.41) is 17.8. The van der Waals surface area contributed by atoms with Crippen LogP contribution in [0.3, 0.4) is 0 Å². The number of hydrogen-bond acceptors (Lipinski definition) is 6. The minimum atomic E-state index is -0.684. The molecule has 0 aromatic carbocycles. The van der Waals surface area contributed by atoms with Crippen LogP contribution in [-0.4, -0.2) is 30.7 Å². The Morgan fingerprint density at radius 2 is 2.69 bits per heavy atom. The third kappa shape index (κ3) is 2.81. The summed E-state index contributed by atoms with van der Waals surface area (Å²) in [7, 11) is 1.24. The molecular formula is C9H10N4O3. The van der Waals surface area contributed by atoms with E-state index in [2.05, 4.69) is 27.0 Å². The minimum Gasteiger partial charge on any atom is -0.398 e. The molecule has 0 fully saturated rings. The highest BCUT2D eigenvalue weighted by atomic mass is 16.6. The van der Waals surface area contributed by atoms with Gasteiger partial charge in [-0.25, -0.2) is 0 Å². The Morgan fingerprint density at radius 3 is 3.19 bits per heavy atom. The van der Waals surface area contributed by atoms with E-state index in [9.17, 15) is 4.79 Å². The van der Waals surface area contributed by atoms with E-state index in [1.807, 2.05) is 0 Å². The van der Waals surface area contributed by atoms with Gasteiger partial charge in [-0.2, -0.15) is 5.26 Å². The van der Waals surface area contributed by atoms with Crippen molar-refractivity contribution in [2.75, 3.05) is 7.11 Å².